The van der Waals surface area contributed by atoms with Gasteiger partial charge in [-0.15, -0.1) is 0 Å². The Morgan fingerprint density at radius 3 is 2.43 bits per heavy atom. The molecule has 4 nitrogen and oxygen atoms in total. The van der Waals surface area contributed by atoms with Crippen molar-refractivity contribution in [3.05, 3.63) is 0 Å². The summed E-state index contributed by atoms with van der Waals surface area (Å²) >= 11 is 0. The van der Waals surface area contributed by atoms with E-state index < -0.39 is 9.84 Å². The van der Waals surface area contributed by atoms with E-state index >= 15 is 0 Å². The Labute approximate surface area is 85.6 Å². The van der Waals surface area contributed by atoms with Crippen molar-refractivity contribution in [3.8, 4) is 0 Å². The maximum absolute atomic E-state index is 11.1. The summed E-state index contributed by atoms with van der Waals surface area (Å²) in [6.45, 7) is 1.12. The molecule has 1 fully saturated rings. The zero-order chi connectivity index (χ0) is 10.4. The monoisotopic (exact) mass is 221 g/mol. The van der Waals surface area contributed by atoms with E-state index in [1.807, 2.05) is 0 Å². The van der Waals surface area contributed by atoms with E-state index in [2.05, 4.69) is 5.32 Å². The summed E-state index contributed by atoms with van der Waals surface area (Å²) in [6, 6.07) is 0.359. The van der Waals surface area contributed by atoms with Gasteiger partial charge in [0.2, 0.25) is 0 Å². The van der Waals surface area contributed by atoms with E-state index in [-0.39, 0.29) is 6.61 Å². The van der Waals surface area contributed by atoms with Crippen molar-refractivity contribution in [2.75, 3.05) is 24.7 Å². The van der Waals surface area contributed by atoms with Gasteiger partial charge in [-0.3, -0.25) is 0 Å². The molecule has 1 heterocycles. The summed E-state index contributed by atoms with van der Waals surface area (Å²) in [5.74, 6) is 0.648. The van der Waals surface area contributed by atoms with E-state index in [4.69, 9.17) is 5.11 Å². The second kappa shape index (κ2) is 5.68. The Morgan fingerprint density at radius 2 is 1.86 bits per heavy atom. The van der Waals surface area contributed by atoms with Crippen molar-refractivity contribution in [2.45, 2.75) is 31.7 Å². The number of aliphatic hydroxyl groups is 1. The van der Waals surface area contributed by atoms with Gasteiger partial charge in [0.1, 0.15) is 9.84 Å². The number of aliphatic hydroxyl groups excluding tert-OH is 1. The molecule has 0 radical (unpaired) electrons. The average Bonchev–Trinajstić information content (AvgIpc) is 2.15. The first-order chi connectivity index (χ1) is 6.64. The summed E-state index contributed by atoms with van der Waals surface area (Å²) in [4.78, 5) is 0. The van der Waals surface area contributed by atoms with Crippen LogP contribution in [0.25, 0.3) is 0 Å². The van der Waals surface area contributed by atoms with Crippen LogP contribution in [-0.2, 0) is 9.84 Å². The summed E-state index contributed by atoms with van der Waals surface area (Å²) in [7, 11) is -2.73. The number of hydrogen-bond acceptors (Lipinski definition) is 4. The van der Waals surface area contributed by atoms with Crippen molar-refractivity contribution in [1.29, 1.82) is 0 Å². The number of nitrogens with one attached hydrogen (secondary N) is 1. The van der Waals surface area contributed by atoms with Crippen molar-refractivity contribution < 1.29 is 13.5 Å². The second-order valence-corrected chi connectivity index (χ2v) is 6.11. The first-order valence-corrected chi connectivity index (χ1v) is 7.01. The molecule has 14 heavy (non-hydrogen) atoms. The number of unbranched alkanes of at least 4 members (excludes halogenated alkanes) is 1. The molecule has 0 spiro atoms. The SMILES string of the molecule is O=S1(=O)CCC(NCCCCO)CC1. The highest BCUT2D eigenvalue weighted by atomic mass is 32.2. The van der Waals surface area contributed by atoms with Gasteiger partial charge in [-0.1, -0.05) is 0 Å². The van der Waals surface area contributed by atoms with E-state index in [1.165, 1.54) is 0 Å². The lowest BCUT2D eigenvalue weighted by atomic mass is 10.1. The second-order valence-electron chi connectivity index (χ2n) is 3.81. The molecule has 1 saturated heterocycles. The molecule has 0 aromatic rings. The third-order valence-electron chi connectivity index (χ3n) is 2.57. The minimum absolute atomic E-state index is 0.237. The number of hydrogen-bond donors (Lipinski definition) is 2. The zero-order valence-electron chi connectivity index (χ0n) is 8.41. The topological polar surface area (TPSA) is 66.4 Å². The van der Waals surface area contributed by atoms with E-state index in [9.17, 15) is 8.42 Å². The largest absolute Gasteiger partial charge is 0.396 e. The quantitative estimate of drug-likeness (QED) is 0.638. The third kappa shape index (κ3) is 4.39. The first-order valence-electron chi connectivity index (χ1n) is 5.19. The van der Waals surface area contributed by atoms with Crippen LogP contribution in [0.1, 0.15) is 25.7 Å². The highest BCUT2D eigenvalue weighted by Gasteiger charge is 2.22. The van der Waals surface area contributed by atoms with Crippen molar-refractivity contribution >= 4 is 9.84 Å². The van der Waals surface area contributed by atoms with Gasteiger partial charge in [-0.2, -0.15) is 0 Å². The minimum atomic E-state index is -2.73. The Hall–Kier alpha value is -0.130. The summed E-state index contributed by atoms with van der Waals surface area (Å²) in [5.41, 5.74) is 0. The van der Waals surface area contributed by atoms with Crippen LogP contribution >= 0.6 is 0 Å². The third-order valence-corrected chi connectivity index (χ3v) is 4.29. The molecule has 0 aromatic carbocycles. The van der Waals surface area contributed by atoms with Crippen molar-refractivity contribution in [2.24, 2.45) is 0 Å². The van der Waals surface area contributed by atoms with Gasteiger partial charge in [0, 0.05) is 12.6 Å². The van der Waals surface area contributed by atoms with Crippen LogP contribution in [-0.4, -0.2) is 44.2 Å². The molecule has 84 valence electrons. The highest BCUT2D eigenvalue weighted by Crippen LogP contribution is 2.11. The Balaban J connectivity index is 2.10. The minimum Gasteiger partial charge on any atom is -0.396 e. The molecular weight excluding hydrogens is 202 g/mol. The molecule has 1 aliphatic heterocycles. The Morgan fingerprint density at radius 1 is 1.21 bits per heavy atom. The van der Waals surface area contributed by atoms with Gasteiger partial charge in [-0.05, 0) is 32.2 Å². The highest BCUT2D eigenvalue weighted by molar-refractivity contribution is 7.91. The predicted molar refractivity (Wildman–Crippen MR) is 56.0 cm³/mol. The molecule has 5 heteroatoms. The lowest BCUT2D eigenvalue weighted by Gasteiger charge is -2.22. The maximum atomic E-state index is 11.1. The molecule has 1 aliphatic rings. The fourth-order valence-electron chi connectivity index (χ4n) is 1.64. The lowest BCUT2D eigenvalue weighted by molar-refractivity contribution is 0.282. The number of rotatable bonds is 5. The smallest absolute Gasteiger partial charge is 0.150 e. The van der Waals surface area contributed by atoms with E-state index in [0.29, 0.717) is 17.5 Å². The molecule has 0 aliphatic carbocycles. The van der Waals surface area contributed by atoms with E-state index in [0.717, 1.165) is 32.2 Å². The van der Waals surface area contributed by atoms with Crippen LogP contribution in [0, 0.1) is 0 Å². The van der Waals surface area contributed by atoms with Crippen LogP contribution in [0.3, 0.4) is 0 Å². The van der Waals surface area contributed by atoms with Crippen LogP contribution in [0.15, 0.2) is 0 Å². The van der Waals surface area contributed by atoms with Crippen LogP contribution < -0.4 is 5.32 Å². The average molecular weight is 221 g/mol. The first kappa shape index (κ1) is 11.9. The summed E-state index contributed by atoms with van der Waals surface area (Å²) in [6.07, 6.45) is 3.25. The Bertz CT molecular complexity index is 237. The van der Waals surface area contributed by atoms with Gasteiger partial charge >= 0.3 is 0 Å². The summed E-state index contributed by atoms with van der Waals surface area (Å²) in [5, 5.41) is 11.9. The van der Waals surface area contributed by atoms with Gasteiger partial charge < -0.3 is 10.4 Å². The molecular formula is C9H19NO3S. The molecule has 0 atom stereocenters. The molecule has 1 rings (SSSR count). The van der Waals surface area contributed by atoms with Crippen molar-refractivity contribution in [1.82, 2.24) is 5.32 Å². The predicted octanol–water partition coefficient (Wildman–Crippen LogP) is -0.0743. The number of sulfone groups is 1. The van der Waals surface area contributed by atoms with Gasteiger partial charge in [0.25, 0.3) is 0 Å². The molecule has 0 aromatic heterocycles. The molecule has 0 bridgehead atoms. The maximum Gasteiger partial charge on any atom is 0.150 e. The van der Waals surface area contributed by atoms with Crippen LogP contribution in [0.4, 0.5) is 0 Å². The standard InChI is InChI=1S/C9H19NO3S/c11-6-2-1-5-10-9-3-7-14(12,13)8-4-9/h9-11H,1-8H2. The van der Waals surface area contributed by atoms with Gasteiger partial charge in [0.15, 0.2) is 0 Å². The Kier molecular flexibility index (Phi) is 4.84. The molecule has 0 unspecified atom stereocenters. The van der Waals surface area contributed by atoms with Gasteiger partial charge in [0.05, 0.1) is 11.5 Å². The molecule has 2 N–H and O–H groups in total. The lowest BCUT2D eigenvalue weighted by Crippen LogP contribution is -2.37. The normalized spacial score (nSPS) is 22.4. The summed E-state index contributed by atoms with van der Waals surface area (Å²) < 4.78 is 22.2. The van der Waals surface area contributed by atoms with Crippen LogP contribution in [0.5, 0.6) is 0 Å². The zero-order valence-corrected chi connectivity index (χ0v) is 9.22. The van der Waals surface area contributed by atoms with E-state index in [1.54, 1.807) is 0 Å². The fraction of sp³-hybridized carbons (Fsp3) is 1.00. The van der Waals surface area contributed by atoms with Crippen LogP contribution in [0.2, 0.25) is 0 Å². The van der Waals surface area contributed by atoms with Gasteiger partial charge in [-0.25, -0.2) is 8.42 Å². The fourth-order valence-corrected chi connectivity index (χ4v) is 3.13. The van der Waals surface area contributed by atoms with Crippen molar-refractivity contribution in [3.63, 3.8) is 0 Å². The molecule has 0 saturated carbocycles. The molecule has 0 amide bonds.